The van der Waals surface area contributed by atoms with Gasteiger partial charge in [-0.3, -0.25) is 0 Å². The standard InChI is InChI=1S/C13H27NO2/c1-10(2)13-9-12(6-8-16-13)14-7-4-5-11(3)15/h10-15H,4-9H2,1-3H3. The molecule has 0 radical (unpaired) electrons. The molecule has 1 rings (SSSR count). The van der Waals surface area contributed by atoms with Crippen molar-refractivity contribution in [1.82, 2.24) is 5.32 Å². The summed E-state index contributed by atoms with van der Waals surface area (Å²) in [4.78, 5) is 0. The van der Waals surface area contributed by atoms with Crippen molar-refractivity contribution in [3.05, 3.63) is 0 Å². The van der Waals surface area contributed by atoms with E-state index in [1.54, 1.807) is 0 Å². The van der Waals surface area contributed by atoms with Crippen molar-refractivity contribution >= 4 is 0 Å². The van der Waals surface area contributed by atoms with E-state index in [2.05, 4.69) is 19.2 Å². The average molecular weight is 229 g/mol. The summed E-state index contributed by atoms with van der Waals surface area (Å²) in [6.07, 6.45) is 4.46. The summed E-state index contributed by atoms with van der Waals surface area (Å²) in [5, 5.41) is 12.7. The molecule has 0 spiro atoms. The van der Waals surface area contributed by atoms with Gasteiger partial charge in [-0.1, -0.05) is 13.8 Å². The van der Waals surface area contributed by atoms with Crippen LogP contribution in [0, 0.1) is 5.92 Å². The number of nitrogens with one attached hydrogen (secondary N) is 1. The lowest BCUT2D eigenvalue weighted by atomic mass is 9.95. The number of aliphatic hydroxyl groups excluding tert-OH is 1. The molecule has 0 aromatic heterocycles. The normalized spacial score (nSPS) is 28.3. The molecular weight excluding hydrogens is 202 g/mol. The molecule has 1 aliphatic heterocycles. The van der Waals surface area contributed by atoms with Gasteiger partial charge in [0.1, 0.15) is 0 Å². The zero-order chi connectivity index (χ0) is 12.0. The summed E-state index contributed by atoms with van der Waals surface area (Å²) in [5.41, 5.74) is 0. The predicted molar refractivity (Wildman–Crippen MR) is 66.5 cm³/mol. The van der Waals surface area contributed by atoms with Crippen LogP contribution in [-0.4, -0.2) is 36.5 Å². The minimum Gasteiger partial charge on any atom is -0.393 e. The molecule has 3 heteroatoms. The molecule has 3 atom stereocenters. The molecule has 0 aromatic rings. The molecule has 3 unspecified atom stereocenters. The number of ether oxygens (including phenoxy) is 1. The van der Waals surface area contributed by atoms with Crippen molar-refractivity contribution in [2.24, 2.45) is 5.92 Å². The lowest BCUT2D eigenvalue weighted by Gasteiger charge is -2.32. The van der Waals surface area contributed by atoms with Crippen molar-refractivity contribution in [1.29, 1.82) is 0 Å². The Morgan fingerprint density at radius 3 is 2.75 bits per heavy atom. The second kappa shape index (κ2) is 7.25. The van der Waals surface area contributed by atoms with Crippen LogP contribution in [0.5, 0.6) is 0 Å². The third kappa shape index (κ3) is 5.28. The van der Waals surface area contributed by atoms with Crippen LogP contribution in [0.4, 0.5) is 0 Å². The van der Waals surface area contributed by atoms with Crippen LogP contribution in [0.25, 0.3) is 0 Å². The van der Waals surface area contributed by atoms with E-state index in [-0.39, 0.29) is 6.10 Å². The van der Waals surface area contributed by atoms with E-state index >= 15 is 0 Å². The van der Waals surface area contributed by atoms with Crippen molar-refractivity contribution in [3.8, 4) is 0 Å². The molecule has 0 amide bonds. The molecular formula is C13H27NO2. The van der Waals surface area contributed by atoms with Gasteiger partial charge in [0, 0.05) is 12.6 Å². The van der Waals surface area contributed by atoms with E-state index in [0.717, 1.165) is 38.8 Å². The fraction of sp³-hybridized carbons (Fsp3) is 1.00. The predicted octanol–water partition coefficient (Wildman–Crippen LogP) is 1.94. The Labute approximate surface area is 99.6 Å². The van der Waals surface area contributed by atoms with Gasteiger partial charge >= 0.3 is 0 Å². The van der Waals surface area contributed by atoms with Crippen molar-refractivity contribution < 1.29 is 9.84 Å². The topological polar surface area (TPSA) is 41.5 Å². The highest BCUT2D eigenvalue weighted by Gasteiger charge is 2.24. The molecule has 1 fully saturated rings. The first-order valence-electron chi connectivity index (χ1n) is 6.62. The summed E-state index contributed by atoms with van der Waals surface area (Å²) in [6, 6.07) is 0.607. The second-order valence-electron chi connectivity index (χ2n) is 5.32. The van der Waals surface area contributed by atoms with Gasteiger partial charge in [-0.25, -0.2) is 0 Å². The first-order chi connectivity index (χ1) is 7.59. The molecule has 1 saturated heterocycles. The molecule has 16 heavy (non-hydrogen) atoms. The van der Waals surface area contributed by atoms with Crippen LogP contribution in [0.1, 0.15) is 46.5 Å². The van der Waals surface area contributed by atoms with Gasteiger partial charge in [0.05, 0.1) is 12.2 Å². The maximum atomic E-state index is 9.16. The molecule has 0 saturated carbocycles. The van der Waals surface area contributed by atoms with E-state index in [1.165, 1.54) is 0 Å². The molecule has 1 heterocycles. The van der Waals surface area contributed by atoms with E-state index in [9.17, 15) is 0 Å². The highest BCUT2D eigenvalue weighted by atomic mass is 16.5. The second-order valence-corrected chi connectivity index (χ2v) is 5.32. The Morgan fingerprint density at radius 1 is 1.38 bits per heavy atom. The highest BCUT2D eigenvalue weighted by Crippen LogP contribution is 2.20. The van der Waals surface area contributed by atoms with Crippen LogP contribution in [0.3, 0.4) is 0 Å². The molecule has 0 aromatic carbocycles. The maximum absolute atomic E-state index is 9.16. The molecule has 2 N–H and O–H groups in total. The number of hydrogen-bond acceptors (Lipinski definition) is 3. The van der Waals surface area contributed by atoms with Gasteiger partial charge in [0.15, 0.2) is 0 Å². The van der Waals surface area contributed by atoms with Crippen molar-refractivity contribution in [2.45, 2.75) is 64.7 Å². The monoisotopic (exact) mass is 229 g/mol. The third-order valence-corrected chi connectivity index (χ3v) is 3.29. The Kier molecular flexibility index (Phi) is 6.32. The van der Waals surface area contributed by atoms with Gasteiger partial charge in [-0.15, -0.1) is 0 Å². The highest BCUT2D eigenvalue weighted by molar-refractivity contribution is 4.78. The fourth-order valence-corrected chi connectivity index (χ4v) is 2.18. The first kappa shape index (κ1) is 13.9. The number of rotatable bonds is 6. The number of hydrogen-bond donors (Lipinski definition) is 2. The van der Waals surface area contributed by atoms with E-state index < -0.39 is 0 Å². The third-order valence-electron chi connectivity index (χ3n) is 3.29. The smallest absolute Gasteiger partial charge is 0.0612 e. The van der Waals surface area contributed by atoms with Crippen molar-refractivity contribution in [2.75, 3.05) is 13.2 Å². The maximum Gasteiger partial charge on any atom is 0.0612 e. The Hall–Kier alpha value is -0.120. The molecule has 96 valence electrons. The lowest BCUT2D eigenvalue weighted by molar-refractivity contribution is -0.0243. The molecule has 0 bridgehead atoms. The summed E-state index contributed by atoms with van der Waals surface area (Å²) in [7, 11) is 0. The lowest BCUT2D eigenvalue weighted by Crippen LogP contribution is -2.41. The fourth-order valence-electron chi connectivity index (χ4n) is 2.18. The van der Waals surface area contributed by atoms with Crippen LogP contribution in [0.2, 0.25) is 0 Å². The zero-order valence-electron chi connectivity index (χ0n) is 10.9. The van der Waals surface area contributed by atoms with Crippen LogP contribution >= 0.6 is 0 Å². The van der Waals surface area contributed by atoms with E-state index in [1.807, 2.05) is 6.92 Å². The summed E-state index contributed by atoms with van der Waals surface area (Å²) < 4.78 is 5.73. The SMILES string of the molecule is CC(O)CCCNC1CCOC(C(C)C)C1. The Morgan fingerprint density at radius 2 is 2.12 bits per heavy atom. The quantitative estimate of drug-likeness (QED) is 0.684. The van der Waals surface area contributed by atoms with E-state index in [4.69, 9.17) is 9.84 Å². The molecule has 3 nitrogen and oxygen atoms in total. The van der Waals surface area contributed by atoms with Crippen LogP contribution < -0.4 is 5.32 Å². The molecule has 1 aliphatic rings. The largest absolute Gasteiger partial charge is 0.393 e. The average Bonchev–Trinajstić information content (AvgIpc) is 2.24. The van der Waals surface area contributed by atoms with Gasteiger partial charge < -0.3 is 15.2 Å². The summed E-state index contributed by atoms with van der Waals surface area (Å²) in [6.45, 7) is 8.20. The zero-order valence-corrected chi connectivity index (χ0v) is 10.9. The minimum atomic E-state index is -0.167. The Balaban J connectivity index is 2.12. The first-order valence-corrected chi connectivity index (χ1v) is 6.62. The van der Waals surface area contributed by atoms with Gasteiger partial charge in [-0.2, -0.15) is 0 Å². The summed E-state index contributed by atoms with van der Waals surface area (Å²) >= 11 is 0. The molecule has 0 aliphatic carbocycles. The van der Waals surface area contributed by atoms with Gasteiger partial charge in [-0.05, 0) is 45.1 Å². The Bertz CT molecular complexity index is 183. The van der Waals surface area contributed by atoms with Crippen molar-refractivity contribution in [3.63, 3.8) is 0 Å². The van der Waals surface area contributed by atoms with Gasteiger partial charge in [0.2, 0.25) is 0 Å². The van der Waals surface area contributed by atoms with E-state index in [0.29, 0.717) is 18.1 Å². The summed E-state index contributed by atoms with van der Waals surface area (Å²) in [5.74, 6) is 0.613. The number of aliphatic hydroxyl groups is 1. The minimum absolute atomic E-state index is 0.167. The van der Waals surface area contributed by atoms with Crippen LogP contribution in [-0.2, 0) is 4.74 Å². The van der Waals surface area contributed by atoms with Gasteiger partial charge in [0.25, 0.3) is 0 Å². The van der Waals surface area contributed by atoms with Crippen LogP contribution in [0.15, 0.2) is 0 Å².